The van der Waals surface area contributed by atoms with Crippen LogP contribution in [-0.2, 0) is 16.1 Å². The number of rotatable bonds is 6. The molecule has 1 saturated heterocycles. The van der Waals surface area contributed by atoms with Crippen LogP contribution >= 0.6 is 0 Å². The van der Waals surface area contributed by atoms with E-state index in [1.165, 1.54) is 23.0 Å². The van der Waals surface area contributed by atoms with Crippen molar-refractivity contribution >= 4 is 11.8 Å². The Balaban J connectivity index is 1.54. The molecule has 0 unspecified atom stereocenters. The van der Waals surface area contributed by atoms with Crippen molar-refractivity contribution < 1.29 is 14.5 Å². The zero-order valence-corrected chi connectivity index (χ0v) is 16.8. The standard InChI is InChI=1S/C23H29N3O2/c1-18-7-6-8-20(15-18)17-25-11-13-26(14-12-25)23(28)16-22(24-19(2)27)21-9-4-3-5-10-21/h3-10,15,22H,11-14,16-17H2,1-2H3,(H,24,27)/p+1/t22-/m1/s1. The number of aryl methyl sites for hydroxylation is 1. The third-order valence-electron chi connectivity index (χ3n) is 5.32. The molecule has 2 aromatic carbocycles. The van der Waals surface area contributed by atoms with Crippen molar-refractivity contribution in [2.45, 2.75) is 32.9 Å². The molecule has 0 bridgehead atoms. The van der Waals surface area contributed by atoms with E-state index in [1.54, 1.807) is 0 Å². The van der Waals surface area contributed by atoms with Crippen LogP contribution in [0.5, 0.6) is 0 Å². The van der Waals surface area contributed by atoms with Gasteiger partial charge in [-0.3, -0.25) is 9.59 Å². The highest BCUT2D eigenvalue weighted by atomic mass is 16.2. The van der Waals surface area contributed by atoms with Gasteiger partial charge in [0.1, 0.15) is 6.54 Å². The molecule has 28 heavy (non-hydrogen) atoms. The molecule has 1 heterocycles. The number of nitrogens with zero attached hydrogens (tertiary/aromatic N) is 1. The second-order valence-electron chi connectivity index (χ2n) is 7.66. The zero-order valence-electron chi connectivity index (χ0n) is 16.8. The maximum Gasteiger partial charge on any atom is 0.225 e. The first-order valence-corrected chi connectivity index (χ1v) is 10.00. The van der Waals surface area contributed by atoms with E-state index < -0.39 is 0 Å². The quantitative estimate of drug-likeness (QED) is 0.798. The Morgan fingerprint density at radius 1 is 1.07 bits per heavy atom. The fraction of sp³-hybridized carbons (Fsp3) is 0.391. The number of carbonyl (C=O) groups is 2. The number of hydrogen-bond donors (Lipinski definition) is 2. The molecule has 148 valence electrons. The normalized spacial score (nSPS) is 15.9. The van der Waals surface area contributed by atoms with Gasteiger partial charge < -0.3 is 15.1 Å². The van der Waals surface area contributed by atoms with Crippen LogP contribution in [0.1, 0.15) is 36.1 Å². The molecule has 1 atom stereocenters. The molecule has 0 aliphatic carbocycles. The second-order valence-corrected chi connectivity index (χ2v) is 7.66. The molecule has 3 rings (SSSR count). The van der Waals surface area contributed by atoms with Gasteiger partial charge in [-0.25, -0.2) is 0 Å². The van der Waals surface area contributed by atoms with Gasteiger partial charge >= 0.3 is 0 Å². The Bertz CT molecular complexity index is 799. The van der Waals surface area contributed by atoms with Crippen molar-refractivity contribution in [1.82, 2.24) is 10.2 Å². The SMILES string of the molecule is CC(=O)N[C@H](CC(=O)N1CC[NH+](Cc2cccc(C)c2)CC1)c1ccccc1. The molecule has 5 heteroatoms. The minimum atomic E-state index is -0.274. The Hall–Kier alpha value is -2.66. The monoisotopic (exact) mass is 380 g/mol. The number of quaternary nitrogens is 1. The number of hydrogen-bond acceptors (Lipinski definition) is 2. The molecule has 1 aliphatic heterocycles. The Kier molecular flexibility index (Phi) is 6.82. The van der Waals surface area contributed by atoms with Gasteiger partial charge in [0.15, 0.2) is 0 Å². The fourth-order valence-electron chi connectivity index (χ4n) is 3.85. The first kappa shape index (κ1) is 20.1. The highest BCUT2D eigenvalue weighted by molar-refractivity contribution is 5.79. The molecule has 1 aliphatic rings. The second kappa shape index (κ2) is 9.51. The first-order valence-electron chi connectivity index (χ1n) is 10.00. The summed E-state index contributed by atoms with van der Waals surface area (Å²) in [6, 6.07) is 18.1. The van der Waals surface area contributed by atoms with E-state index in [0.717, 1.165) is 38.3 Å². The van der Waals surface area contributed by atoms with Crippen molar-refractivity contribution in [1.29, 1.82) is 0 Å². The number of carbonyl (C=O) groups excluding carboxylic acids is 2. The van der Waals surface area contributed by atoms with Crippen LogP contribution in [0.15, 0.2) is 54.6 Å². The predicted octanol–water partition coefficient (Wildman–Crippen LogP) is 1.49. The van der Waals surface area contributed by atoms with Crippen LogP contribution in [-0.4, -0.2) is 42.9 Å². The van der Waals surface area contributed by atoms with Crippen LogP contribution in [0.25, 0.3) is 0 Å². The third-order valence-corrected chi connectivity index (χ3v) is 5.32. The summed E-state index contributed by atoms with van der Waals surface area (Å²) in [4.78, 5) is 27.9. The lowest BCUT2D eigenvalue weighted by atomic mass is 10.0. The van der Waals surface area contributed by atoms with Crippen molar-refractivity contribution in [3.8, 4) is 0 Å². The minimum Gasteiger partial charge on any atom is -0.349 e. The average molecular weight is 381 g/mol. The van der Waals surface area contributed by atoms with Crippen LogP contribution in [0.2, 0.25) is 0 Å². The number of nitrogens with one attached hydrogen (secondary N) is 2. The maximum absolute atomic E-state index is 12.8. The Morgan fingerprint density at radius 3 is 2.43 bits per heavy atom. The van der Waals surface area contributed by atoms with Crippen molar-refractivity contribution in [2.24, 2.45) is 0 Å². The molecule has 0 aromatic heterocycles. The van der Waals surface area contributed by atoms with Crippen LogP contribution in [0.3, 0.4) is 0 Å². The van der Waals surface area contributed by atoms with Crippen molar-refractivity contribution in [3.05, 3.63) is 71.3 Å². The van der Waals surface area contributed by atoms with Crippen LogP contribution in [0.4, 0.5) is 0 Å². The Morgan fingerprint density at radius 2 is 1.79 bits per heavy atom. The number of piperazine rings is 1. The van der Waals surface area contributed by atoms with E-state index >= 15 is 0 Å². The highest BCUT2D eigenvalue weighted by Gasteiger charge is 2.26. The smallest absolute Gasteiger partial charge is 0.225 e. The van der Waals surface area contributed by atoms with Gasteiger partial charge in [0.2, 0.25) is 11.8 Å². The largest absolute Gasteiger partial charge is 0.349 e. The predicted molar refractivity (Wildman–Crippen MR) is 110 cm³/mol. The van der Waals surface area contributed by atoms with Gasteiger partial charge in [-0.1, -0.05) is 60.2 Å². The number of benzene rings is 2. The average Bonchev–Trinajstić information content (AvgIpc) is 2.68. The molecule has 2 N–H and O–H groups in total. The molecule has 1 fully saturated rings. The molecule has 0 saturated carbocycles. The van der Waals surface area contributed by atoms with E-state index in [0.29, 0.717) is 6.42 Å². The van der Waals surface area contributed by atoms with Crippen molar-refractivity contribution in [3.63, 3.8) is 0 Å². The van der Waals surface area contributed by atoms with Gasteiger partial charge in [-0.2, -0.15) is 0 Å². The summed E-state index contributed by atoms with van der Waals surface area (Å²) in [5.41, 5.74) is 3.61. The highest BCUT2D eigenvalue weighted by Crippen LogP contribution is 2.18. The topological polar surface area (TPSA) is 53.9 Å². The zero-order chi connectivity index (χ0) is 19.9. The molecule has 2 aromatic rings. The molecule has 5 nitrogen and oxygen atoms in total. The molecular weight excluding hydrogens is 350 g/mol. The summed E-state index contributed by atoms with van der Waals surface area (Å²) in [6.45, 7) is 8.05. The van der Waals surface area contributed by atoms with Crippen molar-refractivity contribution in [2.75, 3.05) is 26.2 Å². The number of amides is 2. The Labute approximate surface area is 167 Å². The summed E-state index contributed by atoms with van der Waals surface area (Å²) < 4.78 is 0. The lowest BCUT2D eigenvalue weighted by Gasteiger charge is -2.33. The molecular formula is C23H30N3O2+. The lowest BCUT2D eigenvalue weighted by Crippen LogP contribution is -3.13. The van der Waals surface area contributed by atoms with E-state index in [4.69, 9.17) is 0 Å². The van der Waals surface area contributed by atoms with Gasteiger partial charge in [-0.15, -0.1) is 0 Å². The molecule has 0 radical (unpaired) electrons. The summed E-state index contributed by atoms with van der Waals surface area (Å²) in [5, 5.41) is 2.92. The summed E-state index contributed by atoms with van der Waals surface area (Å²) in [6.07, 6.45) is 0.302. The summed E-state index contributed by atoms with van der Waals surface area (Å²) >= 11 is 0. The van der Waals surface area contributed by atoms with Gasteiger partial charge in [0, 0.05) is 12.5 Å². The van der Waals surface area contributed by atoms with Crippen LogP contribution < -0.4 is 10.2 Å². The van der Waals surface area contributed by atoms with E-state index in [9.17, 15) is 9.59 Å². The summed E-state index contributed by atoms with van der Waals surface area (Å²) in [7, 11) is 0. The fourth-order valence-corrected chi connectivity index (χ4v) is 3.85. The van der Waals surface area contributed by atoms with Crippen LogP contribution in [0, 0.1) is 6.92 Å². The minimum absolute atomic E-state index is 0.109. The summed E-state index contributed by atoms with van der Waals surface area (Å²) in [5.74, 6) is -0.00807. The third kappa shape index (κ3) is 5.67. The van der Waals surface area contributed by atoms with E-state index in [-0.39, 0.29) is 17.9 Å². The first-order chi connectivity index (χ1) is 13.5. The maximum atomic E-state index is 12.8. The van der Waals surface area contributed by atoms with Gasteiger partial charge in [-0.05, 0) is 12.5 Å². The van der Waals surface area contributed by atoms with Gasteiger partial charge in [0.25, 0.3) is 0 Å². The van der Waals surface area contributed by atoms with Gasteiger partial charge in [0.05, 0.1) is 38.6 Å². The molecule has 0 spiro atoms. The van der Waals surface area contributed by atoms with E-state index in [2.05, 4.69) is 36.5 Å². The lowest BCUT2D eigenvalue weighted by molar-refractivity contribution is -0.917. The van der Waals surface area contributed by atoms with E-state index in [1.807, 2.05) is 35.2 Å². The molecule has 2 amide bonds.